The van der Waals surface area contributed by atoms with Crippen molar-refractivity contribution in [1.82, 2.24) is 4.90 Å². The number of likely N-dealkylation sites (N-methyl/N-ethyl adjacent to an activating group) is 1. The number of hydrogen-bond donors (Lipinski definition) is 4. The number of hydrogen-bond acceptors (Lipinski definition) is 15. The number of rotatable bonds is 7. The van der Waals surface area contributed by atoms with Gasteiger partial charge in [0.15, 0.2) is 12.6 Å². The fourth-order valence-electron chi connectivity index (χ4n) is 8.97. The van der Waals surface area contributed by atoms with Crippen molar-refractivity contribution in [3.05, 3.63) is 0 Å². The maximum atomic E-state index is 14.3. The minimum Gasteiger partial charge on any atom is -0.459 e. The van der Waals surface area contributed by atoms with Crippen LogP contribution >= 0.6 is 0 Å². The molecule has 308 valence electrons. The summed E-state index contributed by atoms with van der Waals surface area (Å²) in [4.78, 5) is 21.9. The third-order valence-electron chi connectivity index (χ3n) is 12.5. The van der Waals surface area contributed by atoms with Gasteiger partial charge in [0.2, 0.25) is 6.79 Å². The van der Waals surface area contributed by atoms with E-state index < -0.39 is 95.8 Å². The number of methoxy groups -OCH3 is 1. The number of carbonyl (C=O) groups is 1. The number of ether oxygens (including phenoxy) is 7. The van der Waals surface area contributed by atoms with E-state index in [0.29, 0.717) is 18.6 Å². The van der Waals surface area contributed by atoms with Crippen LogP contribution in [0.4, 0.5) is 0 Å². The maximum absolute atomic E-state index is 14.3. The molecule has 0 aromatic heterocycles. The van der Waals surface area contributed by atoms with Crippen LogP contribution in [-0.4, -0.2) is 149 Å². The highest BCUT2D eigenvalue weighted by atomic mass is 16.8. The first-order valence-corrected chi connectivity index (χ1v) is 19.3. The van der Waals surface area contributed by atoms with E-state index in [1.54, 1.807) is 34.6 Å². The lowest BCUT2D eigenvalue weighted by Gasteiger charge is -2.50. The molecule has 18 atom stereocenters. The molecule has 2 bridgehead atoms. The molecule has 15 heteroatoms. The van der Waals surface area contributed by atoms with E-state index in [4.69, 9.17) is 38.0 Å². The van der Waals surface area contributed by atoms with E-state index in [-0.39, 0.29) is 37.7 Å². The zero-order valence-corrected chi connectivity index (χ0v) is 34.1. The summed E-state index contributed by atoms with van der Waals surface area (Å²) in [5.74, 6) is -3.39. The predicted octanol–water partition coefficient (Wildman–Crippen LogP) is 2.58. The van der Waals surface area contributed by atoms with Crippen molar-refractivity contribution in [2.75, 3.05) is 28.0 Å². The van der Waals surface area contributed by atoms with Crippen LogP contribution in [0.5, 0.6) is 0 Å². The number of oxime groups is 1. The van der Waals surface area contributed by atoms with Gasteiger partial charge in [0.1, 0.15) is 23.9 Å². The van der Waals surface area contributed by atoms with Crippen LogP contribution in [0.25, 0.3) is 0 Å². The molecular formula is C38H68N2O13. The lowest BCUT2D eigenvalue weighted by Crippen LogP contribution is -2.62. The molecule has 0 aromatic rings. The zero-order valence-electron chi connectivity index (χ0n) is 34.1. The minimum atomic E-state index is -1.86. The van der Waals surface area contributed by atoms with E-state index in [2.05, 4.69) is 5.16 Å². The van der Waals surface area contributed by atoms with Crippen molar-refractivity contribution in [2.45, 2.75) is 179 Å². The van der Waals surface area contributed by atoms with Gasteiger partial charge in [-0.2, -0.15) is 0 Å². The summed E-state index contributed by atoms with van der Waals surface area (Å²) in [5, 5.41) is 50.5. The topological polar surface area (TPSA) is 187 Å². The van der Waals surface area contributed by atoms with E-state index in [1.165, 1.54) is 14.0 Å². The molecule has 0 unspecified atom stereocenters. The molecule has 15 nitrogen and oxygen atoms in total. The van der Waals surface area contributed by atoms with Gasteiger partial charge in [0, 0.05) is 37.3 Å². The van der Waals surface area contributed by atoms with Crippen LogP contribution in [0.3, 0.4) is 0 Å². The molecule has 4 rings (SSSR count). The standard InChI is InChI=1S/C38H68N2O13/c1-14-26-38(10,45)31(42)21(4)28-19(2)16-37(9,47-18-48-39-28)33(53-35-29(41)25(40(11)12)15-20(3)49-35)22(5)30(23(6)34(44)51-26)52-27-17-36(8,46-13)32(43)24(7)50-27/h19-27,29-33,35,41-43,45H,14-18H2,1-13H3/b39-28+/t19-,20-,21+,22+,23-,24+,25+,26-,27+,29-,30+,31-,32+,33-,35+,36-,37-,38-/m1/s1. The Kier molecular flexibility index (Phi) is 14.5. The first-order chi connectivity index (χ1) is 24.6. The Hall–Kier alpha value is -1.50. The van der Waals surface area contributed by atoms with Gasteiger partial charge in [-0.3, -0.25) is 4.79 Å². The highest BCUT2D eigenvalue weighted by Gasteiger charge is 2.54. The van der Waals surface area contributed by atoms with Gasteiger partial charge in [-0.1, -0.05) is 32.9 Å². The first-order valence-electron chi connectivity index (χ1n) is 19.3. The Balaban J connectivity index is 1.88. The highest BCUT2D eigenvalue weighted by molar-refractivity contribution is 5.88. The van der Waals surface area contributed by atoms with Gasteiger partial charge in [-0.15, -0.1) is 0 Å². The van der Waals surface area contributed by atoms with Gasteiger partial charge in [-0.25, -0.2) is 0 Å². The Morgan fingerprint density at radius 1 is 0.943 bits per heavy atom. The van der Waals surface area contributed by atoms with Crippen LogP contribution in [0.15, 0.2) is 5.16 Å². The predicted molar refractivity (Wildman–Crippen MR) is 194 cm³/mol. The van der Waals surface area contributed by atoms with Crippen LogP contribution in [0.2, 0.25) is 0 Å². The molecule has 4 aliphatic rings. The quantitative estimate of drug-likeness (QED) is 0.278. The summed E-state index contributed by atoms with van der Waals surface area (Å²) < 4.78 is 44.5. The van der Waals surface area contributed by atoms with E-state index >= 15 is 0 Å². The van der Waals surface area contributed by atoms with E-state index in [1.807, 2.05) is 46.7 Å². The summed E-state index contributed by atoms with van der Waals surface area (Å²) in [6.45, 7) is 17.5. The van der Waals surface area contributed by atoms with Gasteiger partial charge in [0.25, 0.3) is 0 Å². The number of aliphatic hydroxyl groups excluding tert-OH is 3. The third kappa shape index (κ3) is 9.22. The molecule has 3 fully saturated rings. The number of carbonyl (C=O) groups excluding carboxylic acids is 1. The van der Waals surface area contributed by atoms with E-state index in [9.17, 15) is 25.2 Å². The molecule has 0 aromatic carbocycles. The third-order valence-corrected chi connectivity index (χ3v) is 12.5. The summed E-state index contributed by atoms with van der Waals surface area (Å²) in [5.41, 5.74) is -3.56. The summed E-state index contributed by atoms with van der Waals surface area (Å²) in [6.07, 6.45) is -7.98. The molecule has 0 radical (unpaired) electrons. The van der Waals surface area contributed by atoms with Crippen molar-refractivity contribution in [3.8, 4) is 0 Å². The Bertz CT molecular complexity index is 1250. The van der Waals surface area contributed by atoms with Gasteiger partial charge >= 0.3 is 5.97 Å². The minimum absolute atomic E-state index is 0.146. The van der Waals surface area contributed by atoms with Crippen molar-refractivity contribution in [1.29, 1.82) is 0 Å². The maximum Gasteiger partial charge on any atom is 0.311 e. The monoisotopic (exact) mass is 760 g/mol. The second-order valence-electron chi connectivity index (χ2n) is 16.9. The summed E-state index contributed by atoms with van der Waals surface area (Å²) >= 11 is 0. The lowest BCUT2D eigenvalue weighted by atomic mass is 9.73. The van der Waals surface area contributed by atoms with Crippen LogP contribution < -0.4 is 0 Å². The normalized spacial score (nSPS) is 50.3. The van der Waals surface area contributed by atoms with Gasteiger partial charge in [-0.05, 0) is 74.9 Å². The molecule has 3 saturated heterocycles. The molecule has 0 amide bonds. The number of fused-ring (bicyclic) bond motifs is 3. The summed E-state index contributed by atoms with van der Waals surface area (Å²) in [6, 6.07) is -0.262. The van der Waals surface area contributed by atoms with E-state index in [0.717, 1.165) is 0 Å². The highest BCUT2D eigenvalue weighted by Crippen LogP contribution is 2.42. The molecule has 4 N–H and O–H groups in total. The fraction of sp³-hybridized carbons (Fsp3) is 0.947. The van der Waals surface area contributed by atoms with Gasteiger partial charge in [0.05, 0.1) is 53.4 Å². The molecule has 0 spiro atoms. The average Bonchev–Trinajstić information content (AvgIpc) is 3.09. The second kappa shape index (κ2) is 17.3. The Morgan fingerprint density at radius 3 is 2.21 bits per heavy atom. The van der Waals surface area contributed by atoms with Crippen molar-refractivity contribution in [2.24, 2.45) is 28.8 Å². The Morgan fingerprint density at radius 2 is 1.60 bits per heavy atom. The molecule has 4 aliphatic heterocycles. The molecular weight excluding hydrogens is 692 g/mol. The van der Waals surface area contributed by atoms with Crippen molar-refractivity contribution in [3.63, 3.8) is 0 Å². The first kappa shape index (κ1) is 44.2. The Labute approximate surface area is 315 Å². The molecule has 53 heavy (non-hydrogen) atoms. The van der Waals surface area contributed by atoms with Gasteiger partial charge < -0.3 is 63.3 Å². The molecule has 0 aliphatic carbocycles. The van der Waals surface area contributed by atoms with Crippen LogP contribution in [-0.2, 0) is 42.8 Å². The van der Waals surface area contributed by atoms with Crippen molar-refractivity contribution >= 4 is 11.7 Å². The lowest BCUT2D eigenvalue weighted by molar-refractivity contribution is -0.325. The second-order valence-corrected chi connectivity index (χ2v) is 16.9. The number of nitrogens with zero attached hydrogens (tertiary/aromatic N) is 2. The molecule has 0 saturated carbocycles. The fourth-order valence-corrected chi connectivity index (χ4v) is 8.97. The number of esters is 1. The van der Waals surface area contributed by atoms with Crippen LogP contribution in [0.1, 0.15) is 94.9 Å². The number of cyclic esters (lactones) is 1. The largest absolute Gasteiger partial charge is 0.459 e. The van der Waals surface area contributed by atoms with Crippen molar-refractivity contribution < 1.29 is 63.2 Å². The SMILES string of the molecule is CC[C@H]1OC(=O)[C@H](C)[C@@H](O[C@H]2C[C@@](C)(OC)[C@@H](O)[C@H](C)O2)[C@H](C)[C@@H](O[C@@H]2O[C@H](C)C[C@H](N(C)C)[C@H]2O)[C@@]2(C)C[C@@H](C)/C(=N\OCO2)[C@H](C)[C@@H](O)[C@]1(C)O. The summed E-state index contributed by atoms with van der Waals surface area (Å²) in [7, 11) is 5.31. The number of aliphatic hydroxyl groups is 4. The molecule has 4 heterocycles. The van der Waals surface area contributed by atoms with Crippen LogP contribution in [0, 0.1) is 23.7 Å². The zero-order chi connectivity index (χ0) is 39.8. The smallest absolute Gasteiger partial charge is 0.311 e. The average molecular weight is 761 g/mol.